The minimum absolute atomic E-state index is 0.182. The van der Waals surface area contributed by atoms with Crippen LogP contribution in [-0.2, 0) is 0 Å². The Morgan fingerprint density at radius 1 is 1.55 bits per heavy atom. The zero-order chi connectivity index (χ0) is 8.85. The number of rotatable bonds is 3. The molecule has 0 fully saturated rings. The van der Waals surface area contributed by atoms with Crippen molar-refractivity contribution >= 4 is 16.9 Å². The molecule has 0 aromatic carbocycles. The number of nitrogens with two attached hydrogens (primary N) is 1. The number of amidine groups is 1. The molecule has 0 amide bonds. The number of hydrogen-bond donors (Lipinski definition) is 1. The largest absolute Gasteiger partial charge is 0.376 e. The zero-order valence-corrected chi connectivity index (χ0v) is 6.83. The molecule has 0 saturated heterocycles. The first-order chi connectivity index (χ1) is 5.11. The van der Waals surface area contributed by atoms with Gasteiger partial charge in [0.25, 0.3) is 0 Å². The molecule has 0 aromatic heterocycles. The maximum Gasteiger partial charge on any atom is 0.195 e. The van der Waals surface area contributed by atoms with Crippen molar-refractivity contribution in [2.24, 2.45) is 10.9 Å². The van der Waals surface area contributed by atoms with E-state index in [0.717, 1.165) is 11.8 Å². The molecule has 60 valence electrons. The summed E-state index contributed by atoms with van der Waals surface area (Å²) in [7, 11) is 0. The summed E-state index contributed by atoms with van der Waals surface area (Å²) in [4.78, 5) is 0.541. The SMILES string of the molecule is C=CC(=C)C(=C)S/C(N)=N\F. The first-order valence-corrected chi connectivity index (χ1v) is 3.56. The molecular weight excluding hydrogens is 163 g/mol. The van der Waals surface area contributed by atoms with Gasteiger partial charge in [-0.3, -0.25) is 0 Å². The third-order valence-electron chi connectivity index (χ3n) is 0.916. The maximum atomic E-state index is 11.5. The summed E-state index contributed by atoms with van der Waals surface area (Å²) in [6, 6.07) is 0. The van der Waals surface area contributed by atoms with Gasteiger partial charge in [-0.2, -0.15) is 0 Å². The number of hydrogen-bond acceptors (Lipinski definition) is 2. The fourth-order valence-electron chi connectivity index (χ4n) is 0.323. The third kappa shape index (κ3) is 3.62. The van der Waals surface area contributed by atoms with Crippen molar-refractivity contribution < 1.29 is 4.48 Å². The van der Waals surface area contributed by atoms with E-state index in [0.29, 0.717) is 10.5 Å². The lowest BCUT2D eigenvalue weighted by atomic mass is 10.3. The molecule has 0 aromatic rings. The van der Waals surface area contributed by atoms with E-state index >= 15 is 0 Å². The van der Waals surface area contributed by atoms with E-state index in [2.05, 4.69) is 25.0 Å². The van der Waals surface area contributed by atoms with E-state index in [9.17, 15) is 4.48 Å². The van der Waals surface area contributed by atoms with Gasteiger partial charge in [-0.15, -0.1) is 0 Å². The van der Waals surface area contributed by atoms with Crippen molar-refractivity contribution in [2.45, 2.75) is 0 Å². The number of allylic oxidation sites excluding steroid dienone is 2. The van der Waals surface area contributed by atoms with Crippen molar-refractivity contribution in [1.82, 2.24) is 0 Å². The molecule has 0 aliphatic carbocycles. The van der Waals surface area contributed by atoms with Crippen LogP contribution in [0, 0.1) is 0 Å². The van der Waals surface area contributed by atoms with Gasteiger partial charge in [0, 0.05) is 4.91 Å². The molecule has 0 unspecified atom stereocenters. The molecule has 2 N–H and O–H groups in total. The minimum Gasteiger partial charge on any atom is -0.376 e. The second-order valence-electron chi connectivity index (χ2n) is 1.68. The highest BCUT2D eigenvalue weighted by molar-refractivity contribution is 8.17. The fourth-order valence-corrected chi connectivity index (χ4v) is 0.824. The van der Waals surface area contributed by atoms with Crippen LogP contribution in [0.3, 0.4) is 0 Å². The quantitative estimate of drug-likeness (QED) is 0.402. The molecule has 0 rings (SSSR count). The molecular formula is C7H9FN2S. The lowest BCUT2D eigenvalue weighted by Gasteiger charge is -2.00. The molecule has 2 nitrogen and oxygen atoms in total. The van der Waals surface area contributed by atoms with Crippen molar-refractivity contribution in [1.29, 1.82) is 0 Å². The first kappa shape index (κ1) is 9.97. The summed E-state index contributed by atoms with van der Waals surface area (Å²) in [6.07, 6.45) is 1.51. The van der Waals surface area contributed by atoms with Gasteiger partial charge in [-0.25, -0.2) is 0 Å². The second-order valence-corrected chi connectivity index (χ2v) is 2.79. The van der Waals surface area contributed by atoms with Crippen LogP contribution in [0.15, 0.2) is 41.5 Å². The van der Waals surface area contributed by atoms with Crippen molar-refractivity contribution in [3.05, 3.63) is 36.3 Å². The number of nitrogens with zero attached hydrogens (tertiary/aromatic N) is 1. The highest BCUT2D eigenvalue weighted by Crippen LogP contribution is 2.20. The Hall–Kier alpha value is -1.03. The minimum atomic E-state index is -0.182. The van der Waals surface area contributed by atoms with E-state index in [1.165, 1.54) is 6.08 Å². The van der Waals surface area contributed by atoms with E-state index in [-0.39, 0.29) is 5.17 Å². The van der Waals surface area contributed by atoms with E-state index < -0.39 is 0 Å². The molecule has 0 spiro atoms. The van der Waals surface area contributed by atoms with Gasteiger partial charge in [-0.05, 0) is 17.3 Å². The van der Waals surface area contributed by atoms with Crippen LogP contribution < -0.4 is 5.73 Å². The number of thioether (sulfide) groups is 1. The Kier molecular flexibility index (Phi) is 4.29. The van der Waals surface area contributed by atoms with Crippen molar-refractivity contribution in [3.8, 4) is 0 Å². The number of halogens is 1. The monoisotopic (exact) mass is 172 g/mol. The predicted molar refractivity (Wildman–Crippen MR) is 48.8 cm³/mol. The fraction of sp³-hybridized carbons (Fsp3) is 0. The Labute approximate surface area is 69.3 Å². The molecule has 11 heavy (non-hydrogen) atoms. The first-order valence-electron chi connectivity index (χ1n) is 2.74. The van der Waals surface area contributed by atoms with Crippen LogP contribution in [0.2, 0.25) is 0 Å². The molecule has 0 heterocycles. The molecule has 0 radical (unpaired) electrons. The van der Waals surface area contributed by atoms with Crippen LogP contribution >= 0.6 is 11.8 Å². The molecule has 0 atom stereocenters. The second kappa shape index (κ2) is 4.73. The van der Waals surface area contributed by atoms with Gasteiger partial charge >= 0.3 is 0 Å². The molecule has 0 saturated carbocycles. The van der Waals surface area contributed by atoms with Gasteiger partial charge < -0.3 is 5.73 Å². The lowest BCUT2D eigenvalue weighted by Crippen LogP contribution is -2.05. The molecule has 0 aliphatic heterocycles. The standard InChI is InChI=1S/C7H9FN2S/c1-4-5(2)6(3)11-7(9)10-8/h4H,1-3H2,(H2,9,10). The van der Waals surface area contributed by atoms with Crippen LogP contribution in [0.4, 0.5) is 4.48 Å². The van der Waals surface area contributed by atoms with Crippen LogP contribution in [0.25, 0.3) is 0 Å². The van der Waals surface area contributed by atoms with Gasteiger partial charge in [0.05, 0.1) is 0 Å². The van der Waals surface area contributed by atoms with Crippen LogP contribution in [0.5, 0.6) is 0 Å². The summed E-state index contributed by atoms with van der Waals surface area (Å²) in [6.45, 7) is 10.6. The van der Waals surface area contributed by atoms with Gasteiger partial charge in [-0.1, -0.05) is 35.5 Å². The normalized spacial score (nSPS) is 10.8. The highest BCUT2D eigenvalue weighted by Gasteiger charge is 2.00. The maximum absolute atomic E-state index is 11.5. The van der Waals surface area contributed by atoms with Crippen molar-refractivity contribution in [3.63, 3.8) is 0 Å². The summed E-state index contributed by atoms with van der Waals surface area (Å²) in [5.74, 6) is 0. The molecule has 4 heteroatoms. The summed E-state index contributed by atoms with van der Waals surface area (Å²) in [5, 5.41) is 2.08. The Morgan fingerprint density at radius 3 is 2.45 bits per heavy atom. The van der Waals surface area contributed by atoms with Crippen molar-refractivity contribution in [2.75, 3.05) is 0 Å². The predicted octanol–water partition coefficient (Wildman–Crippen LogP) is 2.17. The Bertz CT molecular complexity index is 220. The van der Waals surface area contributed by atoms with E-state index in [4.69, 9.17) is 5.73 Å². The van der Waals surface area contributed by atoms with E-state index in [1.807, 2.05) is 0 Å². The zero-order valence-electron chi connectivity index (χ0n) is 6.01. The van der Waals surface area contributed by atoms with Crippen LogP contribution in [-0.4, -0.2) is 5.17 Å². The topological polar surface area (TPSA) is 38.4 Å². The summed E-state index contributed by atoms with van der Waals surface area (Å²) < 4.78 is 11.5. The van der Waals surface area contributed by atoms with Gasteiger partial charge in [0.1, 0.15) is 0 Å². The molecule has 0 bridgehead atoms. The summed E-state index contributed by atoms with van der Waals surface area (Å²) >= 11 is 0.920. The van der Waals surface area contributed by atoms with Gasteiger partial charge in [0.2, 0.25) is 0 Å². The average molecular weight is 172 g/mol. The van der Waals surface area contributed by atoms with Crippen LogP contribution in [0.1, 0.15) is 0 Å². The Balaban J connectivity index is 4.08. The lowest BCUT2D eigenvalue weighted by molar-refractivity contribution is 0.539. The average Bonchev–Trinajstić information content (AvgIpc) is 2.02. The molecule has 0 aliphatic rings. The van der Waals surface area contributed by atoms with E-state index in [1.54, 1.807) is 0 Å². The highest BCUT2D eigenvalue weighted by atomic mass is 32.2. The third-order valence-corrected chi connectivity index (χ3v) is 1.70. The van der Waals surface area contributed by atoms with Gasteiger partial charge in [0.15, 0.2) is 5.17 Å². The smallest absolute Gasteiger partial charge is 0.195 e. The Morgan fingerprint density at radius 2 is 2.09 bits per heavy atom. The summed E-state index contributed by atoms with van der Waals surface area (Å²) in [5.41, 5.74) is 5.68.